The van der Waals surface area contributed by atoms with Crippen LogP contribution in [-0.2, 0) is 9.59 Å². The van der Waals surface area contributed by atoms with Crippen LogP contribution in [0.3, 0.4) is 0 Å². The predicted octanol–water partition coefficient (Wildman–Crippen LogP) is 6.92. The van der Waals surface area contributed by atoms with Gasteiger partial charge in [-0.3, -0.25) is 14.5 Å². The molecule has 1 atom stereocenters. The van der Waals surface area contributed by atoms with Crippen LogP contribution in [0.15, 0.2) is 47.4 Å². The smallest absolute Gasteiger partial charge is 0.301 e. The molecule has 1 fully saturated rings. The first kappa shape index (κ1) is 23.8. The summed E-state index contributed by atoms with van der Waals surface area (Å²) in [5.74, 6) is -1.72. The van der Waals surface area contributed by atoms with Crippen LogP contribution in [0.2, 0.25) is 10.0 Å². The molecule has 35 heavy (non-hydrogen) atoms. The van der Waals surface area contributed by atoms with Crippen molar-refractivity contribution in [2.24, 2.45) is 0 Å². The number of ether oxygens (including phenoxy) is 1. The molecule has 4 aromatic rings. The standard InChI is InChI=1S/C25H18Cl2N2O4S2/c1-11-7-13(23(33-3)15(27)8-11)21(30)19-20(17-5-4-6-34-17)29(24(32)22(19)31)25-28-16-10-14(26)12(2)9-18(16)35-25/h4-10,20,30H,1-3H3/b21-19+. The van der Waals surface area contributed by atoms with Crippen LogP contribution in [-0.4, -0.2) is 28.9 Å². The third-order valence-electron chi connectivity index (χ3n) is 5.77. The van der Waals surface area contributed by atoms with Gasteiger partial charge in [0, 0.05) is 9.90 Å². The third kappa shape index (κ3) is 3.90. The van der Waals surface area contributed by atoms with Gasteiger partial charge in [-0.25, -0.2) is 4.98 Å². The number of aliphatic hydroxyl groups is 1. The maximum Gasteiger partial charge on any atom is 0.301 e. The molecule has 0 bridgehead atoms. The van der Waals surface area contributed by atoms with Crippen LogP contribution in [0.5, 0.6) is 5.75 Å². The van der Waals surface area contributed by atoms with E-state index < -0.39 is 17.7 Å². The van der Waals surface area contributed by atoms with E-state index in [1.807, 2.05) is 37.4 Å². The summed E-state index contributed by atoms with van der Waals surface area (Å²) in [7, 11) is 1.43. The lowest BCUT2D eigenvalue weighted by Gasteiger charge is -2.21. The van der Waals surface area contributed by atoms with Crippen molar-refractivity contribution in [3.05, 3.63) is 79.0 Å². The number of thiazole rings is 1. The molecule has 2 aromatic heterocycles. The van der Waals surface area contributed by atoms with Gasteiger partial charge in [-0.2, -0.15) is 0 Å². The van der Waals surface area contributed by atoms with Gasteiger partial charge in [0.1, 0.15) is 17.6 Å². The number of rotatable bonds is 4. The van der Waals surface area contributed by atoms with E-state index in [-0.39, 0.29) is 27.7 Å². The fourth-order valence-electron chi connectivity index (χ4n) is 4.14. The minimum absolute atomic E-state index is 0.0501. The van der Waals surface area contributed by atoms with E-state index in [4.69, 9.17) is 27.9 Å². The minimum atomic E-state index is -0.865. The molecule has 2 aromatic carbocycles. The second kappa shape index (κ2) is 8.95. The Kier molecular flexibility index (Phi) is 6.09. The highest BCUT2D eigenvalue weighted by Gasteiger charge is 2.49. The van der Waals surface area contributed by atoms with Crippen LogP contribution in [0.4, 0.5) is 5.13 Å². The van der Waals surface area contributed by atoms with Crippen molar-refractivity contribution in [2.45, 2.75) is 19.9 Å². The van der Waals surface area contributed by atoms with Crippen LogP contribution >= 0.6 is 45.9 Å². The largest absolute Gasteiger partial charge is 0.507 e. The summed E-state index contributed by atoms with van der Waals surface area (Å²) in [6.45, 7) is 3.70. The van der Waals surface area contributed by atoms with E-state index in [2.05, 4.69) is 4.98 Å². The third-order valence-corrected chi connectivity index (χ3v) is 8.40. The van der Waals surface area contributed by atoms with Crippen LogP contribution in [0.1, 0.15) is 27.6 Å². The Balaban J connectivity index is 1.75. The highest BCUT2D eigenvalue weighted by atomic mass is 35.5. The maximum atomic E-state index is 13.4. The van der Waals surface area contributed by atoms with Crippen molar-refractivity contribution in [3.8, 4) is 5.75 Å². The van der Waals surface area contributed by atoms with E-state index in [0.29, 0.717) is 20.5 Å². The number of Topliss-reactive ketones (excluding diaryl/α,β-unsaturated/α-hetero) is 1. The summed E-state index contributed by atoms with van der Waals surface area (Å²) in [6, 6.07) is 9.78. The number of carbonyl (C=O) groups excluding carboxylic acids is 2. The van der Waals surface area contributed by atoms with Crippen molar-refractivity contribution in [1.82, 2.24) is 4.98 Å². The fraction of sp³-hybridized carbons (Fsp3) is 0.160. The molecule has 0 spiro atoms. The zero-order valence-corrected chi connectivity index (χ0v) is 21.9. The number of amides is 1. The molecule has 178 valence electrons. The number of thiophene rings is 1. The number of fused-ring (bicyclic) bond motifs is 1. The van der Waals surface area contributed by atoms with Crippen molar-refractivity contribution < 1.29 is 19.4 Å². The highest BCUT2D eigenvalue weighted by Crippen LogP contribution is 2.47. The predicted molar refractivity (Wildman–Crippen MR) is 141 cm³/mol. The van der Waals surface area contributed by atoms with E-state index in [9.17, 15) is 14.7 Å². The zero-order valence-electron chi connectivity index (χ0n) is 18.8. The molecule has 1 unspecified atom stereocenters. The Morgan fingerprint density at radius 3 is 2.60 bits per heavy atom. The Bertz CT molecular complexity index is 1500. The molecule has 3 heterocycles. The summed E-state index contributed by atoms with van der Waals surface area (Å²) >= 11 is 15.3. The molecule has 1 aliphatic heterocycles. The maximum absolute atomic E-state index is 13.4. The molecule has 1 N–H and O–H groups in total. The van der Waals surface area contributed by atoms with E-state index in [0.717, 1.165) is 15.8 Å². The van der Waals surface area contributed by atoms with Gasteiger partial charge in [0.05, 0.1) is 33.5 Å². The van der Waals surface area contributed by atoms with E-state index >= 15 is 0 Å². The molecule has 1 amide bonds. The topological polar surface area (TPSA) is 79.7 Å². The number of aromatic nitrogens is 1. The number of benzene rings is 2. The Morgan fingerprint density at radius 2 is 1.91 bits per heavy atom. The fourth-order valence-corrected chi connectivity index (χ4v) is 6.55. The van der Waals surface area contributed by atoms with Gasteiger partial charge in [0.2, 0.25) is 0 Å². The van der Waals surface area contributed by atoms with Gasteiger partial charge < -0.3 is 9.84 Å². The quantitative estimate of drug-likeness (QED) is 0.171. The number of ketones is 1. The summed E-state index contributed by atoms with van der Waals surface area (Å²) in [5.41, 5.74) is 2.46. The average molecular weight is 545 g/mol. The first-order valence-electron chi connectivity index (χ1n) is 10.5. The van der Waals surface area contributed by atoms with Gasteiger partial charge >= 0.3 is 5.91 Å². The molecule has 0 radical (unpaired) electrons. The second-order valence-electron chi connectivity index (χ2n) is 8.08. The Hall–Kier alpha value is -2.91. The Morgan fingerprint density at radius 1 is 1.14 bits per heavy atom. The lowest BCUT2D eigenvalue weighted by molar-refractivity contribution is -0.132. The minimum Gasteiger partial charge on any atom is -0.507 e. The molecular weight excluding hydrogens is 527 g/mol. The number of hydrogen-bond donors (Lipinski definition) is 1. The molecule has 6 nitrogen and oxygen atoms in total. The number of carbonyl (C=O) groups is 2. The molecule has 1 saturated heterocycles. The molecule has 10 heteroatoms. The number of aryl methyl sites for hydroxylation is 2. The molecular formula is C25H18Cl2N2O4S2. The van der Waals surface area contributed by atoms with Gasteiger partial charge in [-0.1, -0.05) is 40.6 Å². The first-order valence-corrected chi connectivity index (χ1v) is 12.9. The molecule has 5 rings (SSSR count). The summed E-state index contributed by atoms with van der Waals surface area (Å²) in [6.07, 6.45) is 0. The van der Waals surface area contributed by atoms with Gasteiger partial charge in [-0.05, 0) is 60.7 Å². The van der Waals surface area contributed by atoms with Gasteiger partial charge in [0.15, 0.2) is 5.13 Å². The summed E-state index contributed by atoms with van der Waals surface area (Å²) in [5, 5.41) is 14.5. The lowest BCUT2D eigenvalue weighted by Crippen LogP contribution is -2.28. The first-order chi connectivity index (χ1) is 16.7. The SMILES string of the molecule is COc1c(Cl)cc(C)cc1/C(O)=C1\C(=O)C(=O)N(c2nc3cc(Cl)c(C)cc3s2)C1c1cccs1. The number of aliphatic hydroxyl groups excluding tert-OH is 1. The van der Waals surface area contributed by atoms with Crippen molar-refractivity contribution >= 4 is 78.7 Å². The second-order valence-corrected chi connectivity index (χ2v) is 10.9. The number of hydrogen-bond acceptors (Lipinski definition) is 7. The van der Waals surface area contributed by atoms with Crippen LogP contribution < -0.4 is 9.64 Å². The van der Waals surface area contributed by atoms with Crippen molar-refractivity contribution in [2.75, 3.05) is 12.0 Å². The van der Waals surface area contributed by atoms with E-state index in [1.54, 1.807) is 18.2 Å². The number of halogens is 2. The normalized spacial score (nSPS) is 17.5. The van der Waals surface area contributed by atoms with Crippen molar-refractivity contribution in [1.29, 1.82) is 0 Å². The molecule has 0 aliphatic carbocycles. The summed E-state index contributed by atoms with van der Waals surface area (Å²) in [4.78, 5) is 33.4. The summed E-state index contributed by atoms with van der Waals surface area (Å²) < 4.78 is 6.25. The highest BCUT2D eigenvalue weighted by molar-refractivity contribution is 7.22. The lowest BCUT2D eigenvalue weighted by atomic mass is 9.98. The molecule has 1 aliphatic rings. The molecule has 0 saturated carbocycles. The average Bonchev–Trinajstić information content (AvgIpc) is 3.52. The van der Waals surface area contributed by atoms with Crippen molar-refractivity contribution in [3.63, 3.8) is 0 Å². The number of methoxy groups -OCH3 is 1. The van der Waals surface area contributed by atoms with E-state index in [1.165, 1.54) is 34.7 Å². The number of anilines is 1. The monoisotopic (exact) mass is 544 g/mol. The van der Waals surface area contributed by atoms with Crippen LogP contribution in [0.25, 0.3) is 16.0 Å². The Labute approximate surface area is 219 Å². The zero-order chi connectivity index (χ0) is 25.0. The van der Waals surface area contributed by atoms with Crippen LogP contribution in [0, 0.1) is 13.8 Å². The van der Waals surface area contributed by atoms with Gasteiger partial charge in [-0.15, -0.1) is 11.3 Å². The van der Waals surface area contributed by atoms with Gasteiger partial charge in [0.25, 0.3) is 5.78 Å². The number of nitrogens with zero attached hydrogens (tertiary/aromatic N) is 2.